The molecule has 3 rings (SSSR count). The average molecular weight is 391 g/mol. The summed E-state index contributed by atoms with van der Waals surface area (Å²) in [6, 6.07) is 4.73. The van der Waals surface area contributed by atoms with E-state index in [0.717, 1.165) is 5.56 Å². The van der Waals surface area contributed by atoms with Crippen LogP contribution in [0.4, 0.5) is 13.2 Å². The predicted molar refractivity (Wildman–Crippen MR) is 88.9 cm³/mol. The van der Waals surface area contributed by atoms with E-state index in [-0.39, 0.29) is 22.9 Å². The summed E-state index contributed by atoms with van der Waals surface area (Å²) in [6.07, 6.45) is -3.33. The zero-order valence-corrected chi connectivity index (χ0v) is 14.8. The third kappa shape index (κ3) is 3.27. The minimum atomic E-state index is -5.03. The Bertz CT molecular complexity index is 733. The van der Waals surface area contributed by atoms with Crippen LogP contribution >= 0.6 is 11.6 Å². The van der Waals surface area contributed by atoms with Crippen molar-refractivity contribution in [1.82, 2.24) is 5.01 Å². The smallest absolute Gasteiger partial charge is 0.439 e. The Morgan fingerprint density at radius 1 is 1.42 bits per heavy atom. The minimum Gasteiger partial charge on any atom is -0.484 e. The molecule has 142 valence electrons. The second-order valence-corrected chi connectivity index (χ2v) is 7.01. The molecule has 1 saturated carbocycles. The molecule has 2 atom stereocenters. The lowest BCUT2D eigenvalue weighted by molar-refractivity contribution is -0.317. The SMILES string of the molecule is Cc1cc(Cl)cc(OCC(=O)N2N=C3CCCC[C@@H]3[C@@]2(O)C(F)(F)F)c1. The number of rotatable bonds is 3. The number of benzene rings is 1. The fourth-order valence-corrected chi connectivity index (χ4v) is 3.74. The van der Waals surface area contributed by atoms with Crippen molar-refractivity contribution in [3.05, 3.63) is 28.8 Å². The lowest BCUT2D eigenvalue weighted by atomic mass is 9.80. The van der Waals surface area contributed by atoms with Gasteiger partial charge >= 0.3 is 6.18 Å². The van der Waals surface area contributed by atoms with Crippen LogP contribution in [0.2, 0.25) is 5.02 Å². The Morgan fingerprint density at radius 2 is 2.15 bits per heavy atom. The summed E-state index contributed by atoms with van der Waals surface area (Å²) >= 11 is 5.89. The molecule has 1 N–H and O–H groups in total. The first-order valence-electron chi connectivity index (χ1n) is 8.22. The van der Waals surface area contributed by atoms with Gasteiger partial charge in [-0.25, -0.2) is 0 Å². The topological polar surface area (TPSA) is 62.1 Å². The number of fused-ring (bicyclic) bond motifs is 1. The lowest BCUT2D eigenvalue weighted by Crippen LogP contribution is -2.62. The van der Waals surface area contributed by atoms with Gasteiger partial charge in [0.05, 0.1) is 5.92 Å². The fourth-order valence-electron chi connectivity index (χ4n) is 3.46. The summed E-state index contributed by atoms with van der Waals surface area (Å²) in [5, 5.41) is 14.8. The summed E-state index contributed by atoms with van der Waals surface area (Å²) < 4.78 is 46.1. The van der Waals surface area contributed by atoms with Crippen LogP contribution in [-0.2, 0) is 4.79 Å². The summed E-state index contributed by atoms with van der Waals surface area (Å²) in [5.41, 5.74) is -2.34. The number of alkyl halides is 3. The predicted octanol–water partition coefficient (Wildman–Crippen LogP) is 3.67. The highest BCUT2D eigenvalue weighted by molar-refractivity contribution is 6.30. The van der Waals surface area contributed by atoms with E-state index in [2.05, 4.69) is 5.10 Å². The Morgan fingerprint density at radius 3 is 2.81 bits per heavy atom. The van der Waals surface area contributed by atoms with Gasteiger partial charge in [-0.2, -0.15) is 23.3 Å². The Kier molecular flexibility index (Phi) is 4.92. The molecule has 1 aromatic rings. The highest BCUT2D eigenvalue weighted by Crippen LogP contribution is 2.48. The van der Waals surface area contributed by atoms with Gasteiger partial charge in [-0.15, -0.1) is 0 Å². The maximum Gasteiger partial charge on any atom is 0.439 e. The van der Waals surface area contributed by atoms with Gasteiger partial charge in [0.2, 0.25) is 0 Å². The van der Waals surface area contributed by atoms with E-state index < -0.39 is 30.3 Å². The second kappa shape index (κ2) is 6.74. The molecule has 1 amide bonds. The van der Waals surface area contributed by atoms with Crippen LogP contribution in [0.15, 0.2) is 23.3 Å². The van der Waals surface area contributed by atoms with Gasteiger partial charge in [-0.3, -0.25) is 4.79 Å². The Hall–Kier alpha value is -1.80. The lowest BCUT2D eigenvalue weighted by Gasteiger charge is -2.38. The quantitative estimate of drug-likeness (QED) is 0.856. The maximum absolute atomic E-state index is 13.6. The van der Waals surface area contributed by atoms with E-state index in [1.165, 1.54) is 6.07 Å². The summed E-state index contributed by atoms with van der Waals surface area (Å²) in [4.78, 5) is 12.4. The van der Waals surface area contributed by atoms with E-state index >= 15 is 0 Å². The minimum absolute atomic E-state index is 0.132. The molecule has 2 aliphatic rings. The van der Waals surface area contributed by atoms with Crippen molar-refractivity contribution in [1.29, 1.82) is 0 Å². The number of hydrogen-bond donors (Lipinski definition) is 1. The second-order valence-electron chi connectivity index (χ2n) is 6.57. The maximum atomic E-state index is 13.6. The summed E-state index contributed by atoms with van der Waals surface area (Å²) in [7, 11) is 0. The van der Waals surface area contributed by atoms with Gasteiger partial charge in [-0.05, 0) is 49.9 Å². The number of aryl methyl sites for hydroxylation is 1. The number of aliphatic hydroxyl groups is 1. The first kappa shape index (κ1) is 19.0. The number of carbonyl (C=O) groups excluding carboxylic acids is 1. The van der Waals surface area contributed by atoms with Gasteiger partial charge in [0.1, 0.15) is 5.75 Å². The molecule has 5 nitrogen and oxygen atoms in total. The van der Waals surface area contributed by atoms with Gasteiger partial charge < -0.3 is 9.84 Å². The highest BCUT2D eigenvalue weighted by atomic mass is 35.5. The van der Waals surface area contributed by atoms with E-state index in [4.69, 9.17) is 16.3 Å². The average Bonchev–Trinajstić information content (AvgIpc) is 2.86. The zero-order chi connectivity index (χ0) is 19.1. The molecule has 0 spiro atoms. The Balaban J connectivity index is 1.81. The van der Waals surface area contributed by atoms with Crippen molar-refractivity contribution in [2.75, 3.05) is 6.61 Å². The monoisotopic (exact) mass is 390 g/mol. The molecule has 0 unspecified atom stereocenters. The van der Waals surface area contributed by atoms with Crippen molar-refractivity contribution in [3.63, 3.8) is 0 Å². The molecular weight excluding hydrogens is 373 g/mol. The molecule has 0 aromatic heterocycles. The van der Waals surface area contributed by atoms with Gasteiger partial charge in [0, 0.05) is 10.7 Å². The van der Waals surface area contributed by atoms with Crippen LogP contribution in [0.1, 0.15) is 31.2 Å². The first-order valence-corrected chi connectivity index (χ1v) is 8.60. The first-order chi connectivity index (χ1) is 12.1. The van der Waals surface area contributed by atoms with E-state index in [0.29, 0.717) is 24.3 Å². The number of hydrazone groups is 1. The number of amides is 1. The van der Waals surface area contributed by atoms with Crippen LogP contribution in [0.5, 0.6) is 5.75 Å². The molecule has 1 aliphatic heterocycles. The molecule has 0 radical (unpaired) electrons. The Labute approximate surface area is 153 Å². The fraction of sp³-hybridized carbons (Fsp3) is 0.529. The van der Waals surface area contributed by atoms with Crippen LogP contribution in [-0.4, -0.2) is 40.2 Å². The number of halogens is 4. The van der Waals surface area contributed by atoms with Crippen LogP contribution < -0.4 is 4.74 Å². The van der Waals surface area contributed by atoms with Crippen LogP contribution in [0.3, 0.4) is 0 Å². The molecule has 0 saturated heterocycles. The standard InChI is InChI=1S/C17H18ClF3N2O3/c1-10-6-11(18)8-12(7-10)26-9-15(24)23-16(25,17(19,20)21)13-4-2-3-5-14(13)22-23/h6-8,13,25H,2-5,9H2,1H3/t13-,16+/m0/s1. The number of carbonyl (C=O) groups is 1. The highest BCUT2D eigenvalue weighted by Gasteiger charge is 2.68. The van der Waals surface area contributed by atoms with Crippen molar-refractivity contribution in [3.8, 4) is 5.75 Å². The van der Waals surface area contributed by atoms with Crippen molar-refractivity contribution in [2.24, 2.45) is 11.0 Å². The number of ether oxygens (including phenoxy) is 1. The third-order valence-electron chi connectivity index (χ3n) is 4.65. The van der Waals surface area contributed by atoms with E-state index in [9.17, 15) is 23.1 Å². The number of nitrogens with zero attached hydrogens (tertiary/aromatic N) is 2. The van der Waals surface area contributed by atoms with Crippen molar-refractivity contribution in [2.45, 2.75) is 44.5 Å². The molecular formula is C17H18ClF3N2O3. The van der Waals surface area contributed by atoms with Crippen molar-refractivity contribution < 1.29 is 27.8 Å². The van der Waals surface area contributed by atoms with Gasteiger partial charge in [-0.1, -0.05) is 18.0 Å². The van der Waals surface area contributed by atoms with Crippen LogP contribution in [0, 0.1) is 12.8 Å². The van der Waals surface area contributed by atoms with Gasteiger partial charge in [0.25, 0.3) is 11.6 Å². The van der Waals surface area contributed by atoms with Gasteiger partial charge in [0.15, 0.2) is 6.61 Å². The molecule has 1 aliphatic carbocycles. The largest absolute Gasteiger partial charge is 0.484 e. The van der Waals surface area contributed by atoms with E-state index in [1.807, 2.05) is 0 Å². The molecule has 1 fully saturated rings. The zero-order valence-electron chi connectivity index (χ0n) is 14.0. The molecule has 1 heterocycles. The normalized spacial score (nSPS) is 25.7. The molecule has 9 heteroatoms. The molecule has 26 heavy (non-hydrogen) atoms. The number of hydrogen-bond acceptors (Lipinski definition) is 4. The van der Waals surface area contributed by atoms with E-state index in [1.54, 1.807) is 19.1 Å². The molecule has 1 aromatic carbocycles. The summed E-state index contributed by atoms with van der Waals surface area (Å²) in [5.74, 6) is -2.04. The van der Waals surface area contributed by atoms with Crippen LogP contribution in [0.25, 0.3) is 0 Å². The third-order valence-corrected chi connectivity index (χ3v) is 4.86. The summed E-state index contributed by atoms with van der Waals surface area (Å²) in [6.45, 7) is 1.07. The molecule has 0 bridgehead atoms. The van der Waals surface area contributed by atoms with Crippen molar-refractivity contribution >= 4 is 23.2 Å².